The zero-order valence-electron chi connectivity index (χ0n) is 16.5. The summed E-state index contributed by atoms with van der Waals surface area (Å²) in [6, 6.07) is 16.1. The van der Waals surface area contributed by atoms with Crippen molar-refractivity contribution in [3.63, 3.8) is 0 Å². The second-order valence-electron chi connectivity index (χ2n) is 8.38. The van der Waals surface area contributed by atoms with Gasteiger partial charge in [-0.05, 0) is 42.5 Å². The van der Waals surface area contributed by atoms with E-state index >= 15 is 0 Å². The van der Waals surface area contributed by atoms with E-state index in [1.54, 1.807) is 0 Å². The summed E-state index contributed by atoms with van der Waals surface area (Å²) < 4.78 is 11.9. The quantitative estimate of drug-likeness (QED) is 0.869. The molecule has 3 aliphatic heterocycles. The van der Waals surface area contributed by atoms with Crippen LogP contribution < -0.4 is 15.2 Å². The molecule has 2 aromatic rings. The van der Waals surface area contributed by atoms with Gasteiger partial charge < -0.3 is 20.1 Å². The van der Waals surface area contributed by atoms with Crippen LogP contribution in [0.1, 0.15) is 36.5 Å². The Balaban J connectivity index is 1.22. The highest BCUT2D eigenvalue weighted by Crippen LogP contribution is 2.38. The number of benzene rings is 2. The fourth-order valence-electron chi connectivity index (χ4n) is 5.06. The number of ether oxygens (including phenoxy) is 2. The number of nitrogens with two attached hydrogens (primary N) is 1. The summed E-state index contributed by atoms with van der Waals surface area (Å²) in [5.74, 6) is 1.60. The maximum absolute atomic E-state index is 11.8. The Kier molecular flexibility index (Phi) is 4.59. The van der Waals surface area contributed by atoms with Crippen molar-refractivity contribution in [2.45, 2.75) is 37.5 Å². The van der Waals surface area contributed by atoms with E-state index in [9.17, 15) is 4.79 Å². The van der Waals surface area contributed by atoms with Crippen LogP contribution in [0.4, 0.5) is 4.79 Å². The van der Waals surface area contributed by atoms with Crippen molar-refractivity contribution in [2.75, 3.05) is 26.2 Å². The average Bonchev–Trinajstić information content (AvgIpc) is 3.35. The average molecular weight is 393 g/mol. The molecule has 1 spiro atoms. The summed E-state index contributed by atoms with van der Waals surface area (Å²) in [6.07, 6.45) is 3.04. The Morgan fingerprint density at radius 2 is 1.86 bits per heavy atom. The molecule has 0 aliphatic carbocycles. The van der Waals surface area contributed by atoms with Crippen LogP contribution in [0.25, 0.3) is 0 Å². The smallest absolute Gasteiger partial charge is 0.315 e. The number of carbonyl (C=O) groups is 1. The molecule has 3 heterocycles. The number of nitrogens with zero attached hydrogens (tertiary/aromatic N) is 2. The number of primary amides is 1. The molecule has 0 saturated carbocycles. The summed E-state index contributed by atoms with van der Waals surface area (Å²) in [5, 5.41) is 0. The number of amides is 2. The van der Waals surface area contributed by atoms with Crippen LogP contribution >= 0.6 is 0 Å². The predicted molar refractivity (Wildman–Crippen MR) is 110 cm³/mol. The zero-order valence-corrected chi connectivity index (χ0v) is 16.5. The lowest BCUT2D eigenvalue weighted by Gasteiger charge is -2.34. The van der Waals surface area contributed by atoms with Crippen molar-refractivity contribution < 1.29 is 14.3 Å². The number of urea groups is 1. The van der Waals surface area contributed by atoms with E-state index in [1.165, 1.54) is 5.56 Å². The number of hydrogen-bond donors (Lipinski definition) is 1. The third kappa shape index (κ3) is 3.42. The van der Waals surface area contributed by atoms with Crippen molar-refractivity contribution in [3.05, 3.63) is 59.7 Å². The van der Waals surface area contributed by atoms with Gasteiger partial charge in [-0.15, -0.1) is 0 Å². The Labute approximate surface area is 171 Å². The SMILES string of the molecule is NC(=O)N1CCCC12CCN(Cc1ccc(C3COc4ccccc4O3)cc1)C2. The highest BCUT2D eigenvalue weighted by molar-refractivity contribution is 5.73. The van der Waals surface area contributed by atoms with Gasteiger partial charge in [-0.3, -0.25) is 4.90 Å². The number of rotatable bonds is 3. The molecule has 2 fully saturated rings. The third-order valence-electron chi connectivity index (χ3n) is 6.54. The monoisotopic (exact) mass is 393 g/mol. The zero-order chi connectivity index (χ0) is 19.8. The van der Waals surface area contributed by atoms with E-state index in [0.29, 0.717) is 6.61 Å². The minimum Gasteiger partial charge on any atom is -0.485 e. The molecule has 3 aliphatic rings. The molecule has 152 valence electrons. The first kappa shape index (κ1) is 18.3. The molecule has 2 unspecified atom stereocenters. The minimum absolute atomic E-state index is 0.0492. The predicted octanol–water partition coefficient (Wildman–Crippen LogP) is 3.32. The Bertz CT molecular complexity index is 900. The van der Waals surface area contributed by atoms with E-state index in [-0.39, 0.29) is 17.7 Å². The normalized spacial score (nSPS) is 26.2. The summed E-state index contributed by atoms with van der Waals surface area (Å²) in [4.78, 5) is 16.1. The van der Waals surface area contributed by atoms with Crippen LogP contribution in [0.3, 0.4) is 0 Å². The first-order valence-electron chi connectivity index (χ1n) is 10.4. The molecule has 2 aromatic carbocycles. The van der Waals surface area contributed by atoms with E-state index in [2.05, 4.69) is 29.2 Å². The first-order chi connectivity index (χ1) is 14.1. The summed E-state index contributed by atoms with van der Waals surface area (Å²) >= 11 is 0. The highest BCUT2D eigenvalue weighted by Gasteiger charge is 2.47. The Morgan fingerprint density at radius 1 is 1.07 bits per heavy atom. The standard InChI is InChI=1S/C23H27N3O3/c24-22(27)26-12-3-10-23(26)11-13-25(16-23)14-17-6-8-18(9-7-17)21-15-28-19-4-1-2-5-20(19)29-21/h1-2,4-9,21H,3,10-16H2,(H2,24,27). The molecule has 2 N–H and O–H groups in total. The van der Waals surface area contributed by atoms with Gasteiger partial charge in [-0.1, -0.05) is 36.4 Å². The van der Waals surface area contributed by atoms with E-state index < -0.39 is 0 Å². The van der Waals surface area contributed by atoms with Gasteiger partial charge in [-0.2, -0.15) is 0 Å². The molecule has 0 bridgehead atoms. The van der Waals surface area contributed by atoms with Crippen molar-refractivity contribution in [1.82, 2.24) is 9.80 Å². The molecule has 6 heteroatoms. The molecular formula is C23H27N3O3. The number of carbonyl (C=O) groups excluding carboxylic acids is 1. The Hall–Kier alpha value is -2.73. The minimum atomic E-state index is -0.273. The van der Waals surface area contributed by atoms with Crippen LogP contribution in [0.15, 0.2) is 48.5 Å². The summed E-state index contributed by atoms with van der Waals surface area (Å²) in [7, 11) is 0. The van der Waals surface area contributed by atoms with Gasteiger partial charge in [0, 0.05) is 26.2 Å². The van der Waals surface area contributed by atoms with Crippen LogP contribution in [0.5, 0.6) is 11.5 Å². The second kappa shape index (κ2) is 7.26. The molecule has 5 rings (SSSR count). The van der Waals surface area contributed by atoms with Gasteiger partial charge in [0.25, 0.3) is 0 Å². The van der Waals surface area contributed by atoms with Gasteiger partial charge >= 0.3 is 6.03 Å². The summed E-state index contributed by atoms with van der Waals surface area (Å²) in [6.45, 7) is 4.12. The number of fused-ring (bicyclic) bond motifs is 1. The van der Waals surface area contributed by atoms with E-state index in [0.717, 1.165) is 62.5 Å². The van der Waals surface area contributed by atoms with E-state index in [1.807, 2.05) is 29.2 Å². The maximum Gasteiger partial charge on any atom is 0.315 e. The molecule has 2 atom stereocenters. The van der Waals surface area contributed by atoms with Crippen molar-refractivity contribution >= 4 is 6.03 Å². The maximum atomic E-state index is 11.8. The van der Waals surface area contributed by atoms with Gasteiger partial charge in [0.05, 0.1) is 5.54 Å². The van der Waals surface area contributed by atoms with Crippen LogP contribution in [0, 0.1) is 0 Å². The van der Waals surface area contributed by atoms with Crippen molar-refractivity contribution in [2.24, 2.45) is 5.73 Å². The number of likely N-dealkylation sites (tertiary alicyclic amines) is 2. The molecule has 0 radical (unpaired) electrons. The topological polar surface area (TPSA) is 68.0 Å². The van der Waals surface area contributed by atoms with Crippen molar-refractivity contribution in [1.29, 1.82) is 0 Å². The molecule has 0 aromatic heterocycles. The van der Waals surface area contributed by atoms with Crippen molar-refractivity contribution in [3.8, 4) is 11.5 Å². The Morgan fingerprint density at radius 3 is 2.66 bits per heavy atom. The molecular weight excluding hydrogens is 366 g/mol. The fourth-order valence-corrected chi connectivity index (χ4v) is 5.06. The third-order valence-corrected chi connectivity index (χ3v) is 6.54. The summed E-state index contributed by atoms with van der Waals surface area (Å²) in [5.41, 5.74) is 7.96. The molecule has 2 saturated heterocycles. The van der Waals surface area contributed by atoms with Crippen LogP contribution in [-0.4, -0.2) is 47.6 Å². The lowest BCUT2D eigenvalue weighted by molar-refractivity contribution is 0.0913. The van der Waals surface area contributed by atoms with Crippen LogP contribution in [0.2, 0.25) is 0 Å². The molecule has 2 amide bonds. The second-order valence-corrected chi connectivity index (χ2v) is 8.38. The van der Waals surface area contributed by atoms with Crippen LogP contribution in [-0.2, 0) is 6.54 Å². The molecule has 6 nitrogen and oxygen atoms in total. The largest absolute Gasteiger partial charge is 0.485 e. The van der Waals surface area contributed by atoms with E-state index in [4.69, 9.17) is 15.2 Å². The number of para-hydroxylation sites is 2. The molecule has 29 heavy (non-hydrogen) atoms. The fraction of sp³-hybridized carbons (Fsp3) is 0.435. The van der Waals surface area contributed by atoms with Gasteiger partial charge in [-0.25, -0.2) is 4.79 Å². The lowest BCUT2D eigenvalue weighted by atomic mass is 9.95. The number of hydrogen-bond acceptors (Lipinski definition) is 4. The first-order valence-corrected chi connectivity index (χ1v) is 10.4. The van der Waals surface area contributed by atoms with Gasteiger partial charge in [0.1, 0.15) is 6.61 Å². The van der Waals surface area contributed by atoms with Gasteiger partial charge in [0.2, 0.25) is 0 Å². The highest BCUT2D eigenvalue weighted by atomic mass is 16.6. The van der Waals surface area contributed by atoms with Gasteiger partial charge in [0.15, 0.2) is 17.6 Å². The lowest BCUT2D eigenvalue weighted by Crippen LogP contribution is -2.51.